The number of carbonyl (C=O) groups excluding carboxylic acids is 1. The van der Waals surface area contributed by atoms with E-state index in [1.54, 1.807) is 24.3 Å². The van der Waals surface area contributed by atoms with Gasteiger partial charge < -0.3 is 4.74 Å². The maximum Gasteiger partial charge on any atom is 0.335 e. The highest BCUT2D eigenvalue weighted by molar-refractivity contribution is 5.83. The second kappa shape index (κ2) is 4.13. The van der Waals surface area contributed by atoms with Gasteiger partial charge in [-0.15, -0.1) is 6.42 Å². The molecule has 64 valence electrons. The summed E-state index contributed by atoms with van der Waals surface area (Å²) in [5.41, 5.74) is 0.749. The van der Waals surface area contributed by atoms with Crippen LogP contribution in [0.25, 0.3) is 0 Å². The molecular formula is C11H8O2. The van der Waals surface area contributed by atoms with Gasteiger partial charge in [-0.2, -0.15) is 0 Å². The molecule has 0 fully saturated rings. The lowest BCUT2D eigenvalue weighted by Crippen LogP contribution is -2.02. The summed E-state index contributed by atoms with van der Waals surface area (Å²) in [4.78, 5) is 10.8. The highest BCUT2D eigenvalue weighted by atomic mass is 16.5. The van der Waals surface area contributed by atoms with E-state index in [0.29, 0.717) is 5.75 Å². The van der Waals surface area contributed by atoms with E-state index in [2.05, 4.69) is 12.5 Å². The standard InChI is InChI=1S/C11H8O2/c1-3-9-5-7-10(8-6-9)13-11(12)4-2/h1,4-8H,2H2. The first-order valence-corrected chi connectivity index (χ1v) is 3.67. The van der Waals surface area contributed by atoms with Gasteiger partial charge in [0.05, 0.1) is 0 Å². The van der Waals surface area contributed by atoms with Gasteiger partial charge in [-0.05, 0) is 24.3 Å². The first-order valence-electron chi connectivity index (χ1n) is 3.67. The number of esters is 1. The smallest absolute Gasteiger partial charge is 0.335 e. The summed E-state index contributed by atoms with van der Waals surface area (Å²) >= 11 is 0. The van der Waals surface area contributed by atoms with Crippen molar-refractivity contribution in [2.45, 2.75) is 0 Å². The molecule has 2 nitrogen and oxygen atoms in total. The summed E-state index contributed by atoms with van der Waals surface area (Å²) in [6.07, 6.45) is 6.26. The molecule has 0 aliphatic carbocycles. The van der Waals surface area contributed by atoms with E-state index >= 15 is 0 Å². The van der Waals surface area contributed by atoms with Crippen LogP contribution in [0.1, 0.15) is 5.56 Å². The van der Waals surface area contributed by atoms with Gasteiger partial charge in [-0.1, -0.05) is 12.5 Å². The molecule has 1 rings (SSSR count). The Hall–Kier alpha value is -2.01. The summed E-state index contributed by atoms with van der Waals surface area (Å²) in [5, 5.41) is 0. The van der Waals surface area contributed by atoms with Crippen LogP contribution in [-0.4, -0.2) is 5.97 Å². The average molecular weight is 172 g/mol. The quantitative estimate of drug-likeness (QED) is 0.294. The minimum absolute atomic E-state index is 0.462. The minimum atomic E-state index is -0.478. The molecule has 2 heteroatoms. The topological polar surface area (TPSA) is 26.3 Å². The zero-order valence-corrected chi connectivity index (χ0v) is 6.99. The molecule has 0 aliphatic rings. The van der Waals surface area contributed by atoms with Crippen molar-refractivity contribution in [1.29, 1.82) is 0 Å². The normalized spacial score (nSPS) is 8.54. The largest absolute Gasteiger partial charge is 0.423 e. The van der Waals surface area contributed by atoms with Crippen molar-refractivity contribution in [1.82, 2.24) is 0 Å². The molecule has 0 unspecified atom stereocenters. The molecule has 0 spiro atoms. The van der Waals surface area contributed by atoms with Gasteiger partial charge in [0.25, 0.3) is 0 Å². The van der Waals surface area contributed by atoms with Crippen LogP contribution in [0.4, 0.5) is 0 Å². The van der Waals surface area contributed by atoms with Crippen LogP contribution < -0.4 is 4.74 Å². The van der Waals surface area contributed by atoms with Gasteiger partial charge in [-0.3, -0.25) is 0 Å². The van der Waals surface area contributed by atoms with Gasteiger partial charge in [0.1, 0.15) is 5.75 Å². The van der Waals surface area contributed by atoms with E-state index in [9.17, 15) is 4.79 Å². The molecule has 1 aromatic carbocycles. The van der Waals surface area contributed by atoms with Crippen LogP contribution in [0, 0.1) is 12.3 Å². The van der Waals surface area contributed by atoms with Crippen molar-refractivity contribution in [3.63, 3.8) is 0 Å². The Morgan fingerprint density at radius 1 is 1.46 bits per heavy atom. The van der Waals surface area contributed by atoms with Gasteiger partial charge in [0, 0.05) is 11.6 Å². The molecule has 0 heterocycles. The van der Waals surface area contributed by atoms with E-state index in [0.717, 1.165) is 11.6 Å². The Balaban J connectivity index is 2.76. The van der Waals surface area contributed by atoms with Crippen LogP contribution >= 0.6 is 0 Å². The van der Waals surface area contributed by atoms with Crippen LogP contribution in [0.2, 0.25) is 0 Å². The first-order chi connectivity index (χ1) is 6.26. The van der Waals surface area contributed by atoms with Crippen LogP contribution in [0.5, 0.6) is 5.75 Å². The average Bonchev–Trinajstić information content (AvgIpc) is 2.19. The molecule has 1 aromatic rings. The number of hydrogen-bond donors (Lipinski definition) is 0. The Labute approximate surface area is 76.8 Å². The number of benzene rings is 1. The van der Waals surface area contributed by atoms with Gasteiger partial charge in [0.2, 0.25) is 0 Å². The number of hydrogen-bond acceptors (Lipinski definition) is 2. The summed E-state index contributed by atoms with van der Waals surface area (Å²) in [5.74, 6) is 2.44. The molecule has 0 amide bonds. The molecule has 0 N–H and O–H groups in total. The number of ether oxygens (including phenoxy) is 1. The van der Waals surface area contributed by atoms with Crippen LogP contribution in [0.15, 0.2) is 36.9 Å². The van der Waals surface area contributed by atoms with Gasteiger partial charge in [0.15, 0.2) is 0 Å². The third-order valence-corrected chi connectivity index (χ3v) is 1.41. The Morgan fingerprint density at radius 3 is 2.54 bits per heavy atom. The maximum atomic E-state index is 10.8. The fraction of sp³-hybridized carbons (Fsp3) is 0. The molecule has 13 heavy (non-hydrogen) atoms. The zero-order chi connectivity index (χ0) is 9.68. The monoisotopic (exact) mass is 172 g/mol. The van der Waals surface area contributed by atoms with Crippen molar-refractivity contribution in [3.8, 4) is 18.1 Å². The fourth-order valence-electron chi connectivity index (χ4n) is 0.777. The third-order valence-electron chi connectivity index (χ3n) is 1.41. The minimum Gasteiger partial charge on any atom is -0.423 e. The highest BCUT2D eigenvalue weighted by Gasteiger charge is 1.97. The Morgan fingerprint density at radius 2 is 2.08 bits per heavy atom. The summed E-state index contributed by atoms with van der Waals surface area (Å²) in [6, 6.07) is 6.67. The predicted molar refractivity (Wildman–Crippen MR) is 50.2 cm³/mol. The number of carbonyl (C=O) groups is 1. The van der Waals surface area contributed by atoms with E-state index in [-0.39, 0.29) is 0 Å². The van der Waals surface area contributed by atoms with Gasteiger partial charge >= 0.3 is 5.97 Å². The molecule has 0 radical (unpaired) electrons. The first kappa shape index (κ1) is 9.08. The second-order valence-corrected chi connectivity index (χ2v) is 2.29. The molecule has 0 atom stereocenters. The van der Waals surface area contributed by atoms with Crippen molar-refractivity contribution < 1.29 is 9.53 Å². The third kappa shape index (κ3) is 2.49. The fourth-order valence-corrected chi connectivity index (χ4v) is 0.777. The summed E-state index contributed by atoms with van der Waals surface area (Å²) < 4.78 is 4.84. The van der Waals surface area contributed by atoms with Gasteiger partial charge in [-0.25, -0.2) is 4.79 Å². The molecule has 0 saturated carbocycles. The Kier molecular flexibility index (Phi) is 2.88. The molecule has 0 aliphatic heterocycles. The highest BCUT2D eigenvalue weighted by Crippen LogP contribution is 2.11. The SMILES string of the molecule is C#Cc1ccc(OC(=O)C=C)cc1. The molecule has 0 bridgehead atoms. The van der Waals surface area contributed by atoms with Crippen LogP contribution in [0.3, 0.4) is 0 Å². The molecule has 0 aromatic heterocycles. The van der Waals surface area contributed by atoms with E-state index in [1.165, 1.54) is 0 Å². The van der Waals surface area contributed by atoms with Crippen molar-refractivity contribution >= 4 is 5.97 Å². The maximum absolute atomic E-state index is 10.8. The van der Waals surface area contributed by atoms with Crippen molar-refractivity contribution in [2.24, 2.45) is 0 Å². The Bertz CT molecular complexity index is 355. The van der Waals surface area contributed by atoms with Crippen molar-refractivity contribution in [3.05, 3.63) is 42.5 Å². The number of rotatable bonds is 2. The summed E-state index contributed by atoms with van der Waals surface area (Å²) in [7, 11) is 0. The predicted octanol–water partition coefficient (Wildman–Crippen LogP) is 1.76. The van der Waals surface area contributed by atoms with E-state index < -0.39 is 5.97 Å². The lowest BCUT2D eigenvalue weighted by Gasteiger charge is -1.99. The van der Waals surface area contributed by atoms with Crippen molar-refractivity contribution in [2.75, 3.05) is 0 Å². The van der Waals surface area contributed by atoms with E-state index in [4.69, 9.17) is 11.2 Å². The van der Waals surface area contributed by atoms with Crippen LogP contribution in [-0.2, 0) is 4.79 Å². The summed E-state index contributed by atoms with van der Waals surface area (Å²) in [6.45, 7) is 3.28. The lowest BCUT2D eigenvalue weighted by atomic mass is 10.2. The lowest BCUT2D eigenvalue weighted by molar-refractivity contribution is -0.128. The number of terminal acetylenes is 1. The second-order valence-electron chi connectivity index (χ2n) is 2.29. The zero-order valence-electron chi connectivity index (χ0n) is 6.99. The molecule has 0 saturated heterocycles. The molecular weight excluding hydrogens is 164 g/mol. The van der Waals surface area contributed by atoms with E-state index in [1.807, 2.05) is 0 Å².